The molecule has 0 saturated carbocycles. The summed E-state index contributed by atoms with van der Waals surface area (Å²) >= 11 is 0. The van der Waals surface area contributed by atoms with Gasteiger partial charge in [-0.1, -0.05) is 45.0 Å². The van der Waals surface area contributed by atoms with Crippen LogP contribution < -0.4 is 14.4 Å². The SMILES string of the molecule is CCc1ccc(N2C(=O)C(=O)/C(=C(\O)c3ccc(OC)c(C(C)C)c3)C2c2cccc(OC)c2)cc1. The van der Waals surface area contributed by atoms with Crippen LogP contribution >= 0.6 is 0 Å². The minimum atomic E-state index is -0.822. The highest BCUT2D eigenvalue weighted by Gasteiger charge is 2.47. The molecule has 0 aliphatic carbocycles. The van der Waals surface area contributed by atoms with Gasteiger partial charge in [0.1, 0.15) is 17.3 Å². The maximum Gasteiger partial charge on any atom is 0.300 e. The summed E-state index contributed by atoms with van der Waals surface area (Å²) in [7, 11) is 3.16. The lowest BCUT2D eigenvalue weighted by Crippen LogP contribution is -2.29. The van der Waals surface area contributed by atoms with Gasteiger partial charge in [-0.05, 0) is 71.5 Å². The van der Waals surface area contributed by atoms with Crippen molar-refractivity contribution in [3.8, 4) is 11.5 Å². The van der Waals surface area contributed by atoms with Crippen molar-refractivity contribution in [2.75, 3.05) is 19.1 Å². The zero-order chi connectivity index (χ0) is 26.0. The number of anilines is 1. The van der Waals surface area contributed by atoms with Gasteiger partial charge in [-0.15, -0.1) is 0 Å². The quantitative estimate of drug-likeness (QED) is 0.252. The van der Waals surface area contributed by atoms with E-state index in [9.17, 15) is 14.7 Å². The number of aliphatic hydroxyl groups is 1. The molecule has 0 bridgehead atoms. The van der Waals surface area contributed by atoms with E-state index in [2.05, 4.69) is 6.92 Å². The number of rotatable bonds is 7. The van der Waals surface area contributed by atoms with E-state index in [1.165, 1.54) is 4.90 Å². The molecule has 1 saturated heterocycles. The summed E-state index contributed by atoms with van der Waals surface area (Å²) in [6.07, 6.45) is 0.855. The van der Waals surface area contributed by atoms with Gasteiger partial charge in [0, 0.05) is 11.3 Å². The number of ketones is 1. The first-order chi connectivity index (χ1) is 17.3. The Labute approximate surface area is 211 Å². The second-order valence-corrected chi connectivity index (χ2v) is 9.08. The molecule has 0 spiro atoms. The molecular weight excluding hydrogens is 454 g/mol. The van der Waals surface area contributed by atoms with Crippen LogP contribution in [0.25, 0.3) is 5.76 Å². The van der Waals surface area contributed by atoms with Crippen molar-refractivity contribution in [1.29, 1.82) is 0 Å². The van der Waals surface area contributed by atoms with Crippen LogP contribution in [0.5, 0.6) is 11.5 Å². The number of hydrogen-bond donors (Lipinski definition) is 1. The third kappa shape index (κ3) is 4.47. The van der Waals surface area contributed by atoms with Gasteiger partial charge in [-0.3, -0.25) is 14.5 Å². The largest absolute Gasteiger partial charge is 0.507 e. The number of Topliss-reactive ketones (excluding diaryl/α,β-unsaturated/α-hetero) is 1. The van der Waals surface area contributed by atoms with Crippen molar-refractivity contribution in [3.63, 3.8) is 0 Å². The van der Waals surface area contributed by atoms with Crippen molar-refractivity contribution < 1.29 is 24.2 Å². The Morgan fingerprint density at radius 3 is 2.31 bits per heavy atom. The molecule has 1 N–H and O–H groups in total. The van der Waals surface area contributed by atoms with E-state index in [0.717, 1.165) is 17.5 Å². The monoisotopic (exact) mass is 485 g/mol. The zero-order valence-corrected chi connectivity index (χ0v) is 21.2. The second kappa shape index (κ2) is 10.3. The Bertz CT molecular complexity index is 1320. The molecule has 1 amide bonds. The first-order valence-electron chi connectivity index (χ1n) is 12.0. The molecule has 1 aliphatic rings. The van der Waals surface area contributed by atoms with Crippen molar-refractivity contribution in [2.45, 2.75) is 39.2 Å². The highest BCUT2D eigenvalue weighted by atomic mass is 16.5. The maximum atomic E-state index is 13.4. The van der Waals surface area contributed by atoms with Crippen LogP contribution in [0.4, 0.5) is 5.69 Å². The predicted octanol–water partition coefficient (Wildman–Crippen LogP) is 6.02. The number of carbonyl (C=O) groups excluding carboxylic acids is 2. The summed E-state index contributed by atoms with van der Waals surface area (Å²) in [5.41, 5.74) is 3.74. The number of aryl methyl sites for hydroxylation is 1. The average Bonchev–Trinajstić information content (AvgIpc) is 3.17. The Balaban J connectivity index is 1.94. The van der Waals surface area contributed by atoms with Crippen LogP contribution in [0.2, 0.25) is 0 Å². The number of aliphatic hydroxyl groups excluding tert-OH is 1. The summed E-state index contributed by atoms with van der Waals surface area (Å²) in [6.45, 7) is 6.10. The Morgan fingerprint density at radius 1 is 0.972 bits per heavy atom. The molecule has 6 heteroatoms. The normalized spacial score (nSPS) is 17.1. The van der Waals surface area contributed by atoms with E-state index in [1.54, 1.807) is 44.6 Å². The number of benzene rings is 3. The molecule has 6 nitrogen and oxygen atoms in total. The fourth-order valence-electron chi connectivity index (χ4n) is 4.61. The summed E-state index contributed by atoms with van der Waals surface area (Å²) in [4.78, 5) is 28.3. The van der Waals surface area contributed by atoms with Crippen molar-refractivity contribution in [1.82, 2.24) is 0 Å². The highest BCUT2D eigenvalue weighted by molar-refractivity contribution is 6.51. The molecule has 0 aromatic heterocycles. The number of hydrogen-bond acceptors (Lipinski definition) is 5. The molecular formula is C30H31NO5. The molecule has 0 radical (unpaired) electrons. The Kier molecular flexibility index (Phi) is 7.15. The van der Waals surface area contributed by atoms with E-state index in [1.807, 2.05) is 50.2 Å². The van der Waals surface area contributed by atoms with Gasteiger partial charge in [0.15, 0.2) is 0 Å². The highest BCUT2D eigenvalue weighted by Crippen LogP contribution is 2.43. The van der Waals surface area contributed by atoms with Gasteiger partial charge in [0.05, 0.1) is 25.8 Å². The molecule has 3 aromatic carbocycles. The van der Waals surface area contributed by atoms with Gasteiger partial charge < -0.3 is 14.6 Å². The molecule has 1 unspecified atom stereocenters. The summed E-state index contributed by atoms with van der Waals surface area (Å²) in [5, 5.41) is 11.5. The first kappa shape index (κ1) is 25.0. The predicted molar refractivity (Wildman–Crippen MR) is 141 cm³/mol. The summed E-state index contributed by atoms with van der Waals surface area (Å²) < 4.78 is 10.9. The third-order valence-electron chi connectivity index (χ3n) is 6.60. The second-order valence-electron chi connectivity index (χ2n) is 9.08. The number of amides is 1. The van der Waals surface area contributed by atoms with Gasteiger partial charge in [-0.2, -0.15) is 0 Å². The number of nitrogens with zero attached hydrogens (tertiary/aromatic N) is 1. The van der Waals surface area contributed by atoms with Crippen LogP contribution in [-0.4, -0.2) is 31.0 Å². The van der Waals surface area contributed by atoms with Gasteiger partial charge in [-0.25, -0.2) is 0 Å². The third-order valence-corrected chi connectivity index (χ3v) is 6.60. The minimum Gasteiger partial charge on any atom is -0.507 e. The first-order valence-corrected chi connectivity index (χ1v) is 12.0. The van der Waals surface area contributed by atoms with Crippen molar-refractivity contribution in [2.24, 2.45) is 0 Å². The molecule has 4 rings (SSSR count). The van der Waals surface area contributed by atoms with Gasteiger partial charge in [0.25, 0.3) is 11.7 Å². The maximum absolute atomic E-state index is 13.4. The lowest BCUT2D eigenvalue weighted by atomic mass is 9.93. The van der Waals surface area contributed by atoms with Crippen LogP contribution in [0.3, 0.4) is 0 Å². The van der Waals surface area contributed by atoms with E-state index in [4.69, 9.17) is 9.47 Å². The smallest absolute Gasteiger partial charge is 0.300 e. The fraction of sp³-hybridized carbons (Fsp3) is 0.267. The standard InChI is InChI=1S/C30H31NO5/c1-6-19-10-13-22(14-11-19)31-27(20-8-7-9-23(16-20)35-4)26(29(33)30(31)34)28(32)21-12-15-25(36-5)24(17-21)18(2)3/h7-18,27,32H,6H2,1-5H3/b28-26-. The van der Waals surface area contributed by atoms with Crippen molar-refractivity contribution in [3.05, 3.63) is 94.6 Å². The molecule has 3 aromatic rings. The molecule has 1 atom stereocenters. The number of ether oxygens (including phenoxy) is 2. The van der Waals surface area contributed by atoms with E-state index in [0.29, 0.717) is 28.3 Å². The van der Waals surface area contributed by atoms with Crippen molar-refractivity contribution >= 4 is 23.1 Å². The molecule has 1 aliphatic heterocycles. The number of methoxy groups -OCH3 is 2. The molecule has 36 heavy (non-hydrogen) atoms. The van der Waals surface area contributed by atoms with Crippen LogP contribution in [0, 0.1) is 0 Å². The average molecular weight is 486 g/mol. The van der Waals surface area contributed by atoms with Crippen LogP contribution in [0.15, 0.2) is 72.3 Å². The summed E-state index contributed by atoms with van der Waals surface area (Å²) in [5.74, 6) is -0.235. The number of carbonyl (C=O) groups is 2. The summed E-state index contributed by atoms with van der Waals surface area (Å²) in [6, 6.07) is 19.2. The lowest BCUT2D eigenvalue weighted by molar-refractivity contribution is -0.132. The van der Waals surface area contributed by atoms with E-state index < -0.39 is 17.7 Å². The van der Waals surface area contributed by atoms with Gasteiger partial charge in [0.2, 0.25) is 0 Å². The fourth-order valence-corrected chi connectivity index (χ4v) is 4.61. The van der Waals surface area contributed by atoms with Gasteiger partial charge >= 0.3 is 0 Å². The molecule has 186 valence electrons. The topological polar surface area (TPSA) is 76.1 Å². The Morgan fingerprint density at radius 2 is 1.69 bits per heavy atom. The lowest BCUT2D eigenvalue weighted by Gasteiger charge is -2.26. The molecule has 1 fully saturated rings. The molecule has 1 heterocycles. The zero-order valence-electron chi connectivity index (χ0n) is 21.2. The Hall–Kier alpha value is -4.06. The van der Waals surface area contributed by atoms with E-state index >= 15 is 0 Å². The minimum absolute atomic E-state index is 0.0349. The van der Waals surface area contributed by atoms with Crippen LogP contribution in [-0.2, 0) is 16.0 Å². The van der Waals surface area contributed by atoms with E-state index in [-0.39, 0.29) is 17.3 Å². The van der Waals surface area contributed by atoms with Crippen LogP contribution in [0.1, 0.15) is 55.0 Å².